The highest BCUT2D eigenvalue weighted by Crippen LogP contribution is 2.32. The molecule has 0 aliphatic carbocycles. The van der Waals surface area contributed by atoms with Crippen molar-refractivity contribution in [3.05, 3.63) is 52.4 Å². The first-order valence-electron chi connectivity index (χ1n) is 8.34. The summed E-state index contributed by atoms with van der Waals surface area (Å²) in [6.45, 7) is 2.85. The molecule has 124 valence electrons. The second-order valence-electron chi connectivity index (χ2n) is 6.30. The Morgan fingerprint density at radius 2 is 2.33 bits per heavy atom. The fourth-order valence-corrected chi connectivity index (χ4v) is 4.22. The maximum atomic E-state index is 12.9. The molecule has 4 heterocycles. The zero-order chi connectivity index (χ0) is 16.5. The van der Waals surface area contributed by atoms with Gasteiger partial charge in [-0.05, 0) is 37.8 Å². The summed E-state index contributed by atoms with van der Waals surface area (Å²) in [5.41, 5.74) is 2.88. The van der Waals surface area contributed by atoms with Crippen LogP contribution in [-0.2, 0) is 11.2 Å². The van der Waals surface area contributed by atoms with E-state index in [9.17, 15) is 4.79 Å². The van der Waals surface area contributed by atoms with Crippen LogP contribution in [0.2, 0.25) is 0 Å². The van der Waals surface area contributed by atoms with Crippen molar-refractivity contribution in [2.75, 3.05) is 6.54 Å². The van der Waals surface area contributed by atoms with E-state index in [1.807, 2.05) is 52.3 Å². The highest BCUT2D eigenvalue weighted by Gasteiger charge is 2.29. The highest BCUT2D eigenvalue weighted by molar-refractivity contribution is 7.09. The fourth-order valence-electron chi connectivity index (χ4n) is 3.43. The second-order valence-corrected chi connectivity index (χ2v) is 7.23. The van der Waals surface area contributed by atoms with Gasteiger partial charge in [0.2, 0.25) is 5.91 Å². The van der Waals surface area contributed by atoms with Gasteiger partial charge in [0.05, 0.1) is 18.2 Å². The number of nitrogens with zero attached hydrogens (tertiary/aromatic N) is 4. The lowest BCUT2D eigenvalue weighted by Crippen LogP contribution is -2.39. The maximum Gasteiger partial charge on any atom is 0.229 e. The van der Waals surface area contributed by atoms with E-state index < -0.39 is 0 Å². The third-order valence-corrected chi connectivity index (χ3v) is 5.50. The van der Waals surface area contributed by atoms with E-state index in [2.05, 4.69) is 9.97 Å². The van der Waals surface area contributed by atoms with E-state index >= 15 is 0 Å². The van der Waals surface area contributed by atoms with Crippen molar-refractivity contribution in [1.82, 2.24) is 19.3 Å². The number of imidazole rings is 1. The van der Waals surface area contributed by atoms with Crippen molar-refractivity contribution in [1.29, 1.82) is 0 Å². The number of hydrogen-bond donors (Lipinski definition) is 0. The molecule has 1 saturated heterocycles. The summed E-state index contributed by atoms with van der Waals surface area (Å²) in [4.78, 5) is 24.0. The first kappa shape index (κ1) is 15.3. The Hall–Kier alpha value is -2.21. The van der Waals surface area contributed by atoms with Gasteiger partial charge in [0, 0.05) is 30.5 Å². The van der Waals surface area contributed by atoms with Gasteiger partial charge in [-0.3, -0.25) is 4.79 Å². The molecule has 6 heteroatoms. The normalized spacial score (nSPS) is 18.2. The molecule has 1 fully saturated rings. The molecular weight excluding hydrogens is 320 g/mol. The van der Waals surface area contributed by atoms with Crippen LogP contribution in [0.15, 0.2) is 36.1 Å². The standard InChI is InChI=1S/C18H20N4OS/c1-13-5-4-8-21-12-14(20-17(13)21)11-16(23)22-9-3-2-6-15(22)18-19-7-10-24-18/h4-5,7-8,10,12,15H,2-3,6,9,11H2,1H3. The van der Waals surface area contributed by atoms with Gasteiger partial charge in [-0.2, -0.15) is 0 Å². The van der Waals surface area contributed by atoms with Crippen LogP contribution in [0.4, 0.5) is 0 Å². The van der Waals surface area contributed by atoms with Crippen LogP contribution in [0.25, 0.3) is 5.65 Å². The fraction of sp³-hybridized carbons (Fsp3) is 0.389. The molecular formula is C18H20N4OS. The monoisotopic (exact) mass is 340 g/mol. The number of pyridine rings is 1. The minimum atomic E-state index is 0.130. The molecule has 0 aromatic carbocycles. The molecule has 1 aliphatic rings. The Morgan fingerprint density at radius 3 is 3.12 bits per heavy atom. The van der Waals surface area contributed by atoms with Crippen LogP contribution < -0.4 is 0 Å². The van der Waals surface area contributed by atoms with Crippen LogP contribution in [0.3, 0.4) is 0 Å². The Balaban J connectivity index is 1.56. The average Bonchev–Trinajstić information content (AvgIpc) is 3.24. The van der Waals surface area contributed by atoms with E-state index in [-0.39, 0.29) is 11.9 Å². The highest BCUT2D eigenvalue weighted by atomic mass is 32.1. The molecule has 24 heavy (non-hydrogen) atoms. The second kappa shape index (κ2) is 6.36. The summed E-state index contributed by atoms with van der Waals surface area (Å²) in [5, 5.41) is 3.03. The number of rotatable bonds is 3. The zero-order valence-electron chi connectivity index (χ0n) is 13.7. The number of aryl methyl sites for hydroxylation is 1. The number of fused-ring (bicyclic) bond motifs is 1. The van der Waals surface area contributed by atoms with Crippen molar-refractivity contribution >= 4 is 22.9 Å². The molecule has 5 nitrogen and oxygen atoms in total. The van der Waals surface area contributed by atoms with E-state index in [1.54, 1.807) is 11.3 Å². The Morgan fingerprint density at radius 1 is 1.42 bits per heavy atom. The number of aromatic nitrogens is 3. The van der Waals surface area contributed by atoms with E-state index in [0.717, 1.165) is 47.7 Å². The molecule has 3 aromatic rings. The SMILES string of the molecule is Cc1cccn2cc(CC(=O)N3CCCCC3c3nccs3)nc12. The lowest BCUT2D eigenvalue weighted by molar-refractivity contribution is -0.134. The van der Waals surface area contributed by atoms with Gasteiger partial charge in [0.1, 0.15) is 10.7 Å². The quantitative estimate of drug-likeness (QED) is 0.734. The van der Waals surface area contributed by atoms with Crippen LogP contribution in [0.5, 0.6) is 0 Å². The number of thiazole rings is 1. The average molecular weight is 340 g/mol. The number of hydrogen-bond acceptors (Lipinski definition) is 4. The van der Waals surface area contributed by atoms with Crippen molar-refractivity contribution in [3.8, 4) is 0 Å². The summed E-state index contributed by atoms with van der Waals surface area (Å²) >= 11 is 1.64. The van der Waals surface area contributed by atoms with E-state index in [1.165, 1.54) is 0 Å². The number of carbonyl (C=O) groups is 1. The van der Waals surface area contributed by atoms with E-state index in [4.69, 9.17) is 0 Å². The predicted octanol–water partition coefficient (Wildman–Crippen LogP) is 3.40. The predicted molar refractivity (Wildman–Crippen MR) is 94.1 cm³/mol. The van der Waals surface area contributed by atoms with Crippen molar-refractivity contribution in [2.45, 2.75) is 38.6 Å². The molecule has 0 bridgehead atoms. The molecule has 3 aromatic heterocycles. The summed E-state index contributed by atoms with van der Waals surface area (Å²) in [7, 11) is 0. The van der Waals surface area contributed by atoms with E-state index in [0.29, 0.717) is 6.42 Å². The topological polar surface area (TPSA) is 50.5 Å². The smallest absolute Gasteiger partial charge is 0.229 e. The van der Waals surface area contributed by atoms with Crippen LogP contribution in [-0.4, -0.2) is 31.7 Å². The maximum absolute atomic E-state index is 12.9. The van der Waals surface area contributed by atoms with Crippen molar-refractivity contribution in [3.63, 3.8) is 0 Å². The molecule has 0 N–H and O–H groups in total. The first-order valence-corrected chi connectivity index (χ1v) is 9.22. The Kier molecular flexibility index (Phi) is 4.06. The molecule has 1 aliphatic heterocycles. The molecule has 0 spiro atoms. The molecule has 4 rings (SSSR count). The summed E-state index contributed by atoms with van der Waals surface area (Å²) < 4.78 is 1.99. The summed E-state index contributed by atoms with van der Waals surface area (Å²) in [6.07, 6.45) is 9.33. The van der Waals surface area contributed by atoms with Gasteiger partial charge < -0.3 is 9.30 Å². The first-order chi connectivity index (χ1) is 11.7. The number of piperidine rings is 1. The lowest BCUT2D eigenvalue weighted by atomic mass is 10.0. The zero-order valence-corrected chi connectivity index (χ0v) is 14.5. The molecule has 1 atom stereocenters. The Bertz CT molecular complexity index is 855. The van der Waals surface area contributed by atoms with Gasteiger partial charge in [-0.15, -0.1) is 11.3 Å². The van der Waals surface area contributed by atoms with Gasteiger partial charge in [0.25, 0.3) is 0 Å². The third kappa shape index (κ3) is 2.82. The molecule has 0 radical (unpaired) electrons. The number of likely N-dealkylation sites (tertiary alicyclic amines) is 1. The van der Waals surface area contributed by atoms with Crippen LogP contribution >= 0.6 is 11.3 Å². The Labute approximate surface area is 145 Å². The largest absolute Gasteiger partial charge is 0.333 e. The molecule has 1 amide bonds. The minimum absolute atomic E-state index is 0.130. The van der Waals surface area contributed by atoms with Crippen molar-refractivity contribution < 1.29 is 4.79 Å². The minimum Gasteiger partial charge on any atom is -0.333 e. The van der Waals surface area contributed by atoms with Gasteiger partial charge in [-0.1, -0.05) is 6.07 Å². The number of amides is 1. The van der Waals surface area contributed by atoms with Gasteiger partial charge in [-0.25, -0.2) is 9.97 Å². The van der Waals surface area contributed by atoms with Crippen molar-refractivity contribution in [2.24, 2.45) is 0 Å². The molecule has 0 saturated carbocycles. The summed E-state index contributed by atoms with van der Waals surface area (Å²) in [5.74, 6) is 0.149. The van der Waals surface area contributed by atoms with Gasteiger partial charge in [0.15, 0.2) is 0 Å². The van der Waals surface area contributed by atoms with Gasteiger partial charge >= 0.3 is 0 Å². The lowest BCUT2D eigenvalue weighted by Gasteiger charge is -2.34. The third-order valence-electron chi connectivity index (χ3n) is 4.62. The van der Waals surface area contributed by atoms with Crippen LogP contribution in [0.1, 0.15) is 41.6 Å². The number of carbonyl (C=O) groups excluding carboxylic acids is 1. The summed E-state index contributed by atoms with van der Waals surface area (Å²) in [6, 6.07) is 4.17. The molecule has 1 unspecified atom stereocenters. The van der Waals surface area contributed by atoms with Crippen LogP contribution in [0, 0.1) is 6.92 Å².